The second-order valence-corrected chi connectivity index (χ2v) is 7.58. The Hall–Kier alpha value is -3.11. The number of carbonyl (C=O) groups excluding carboxylic acids is 5. The number of primary amides is 1. The van der Waals surface area contributed by atoms with E-state index in [4.69, 9.17) is 10.5 Å². The highest BCUT2D eigenvalue weighted by atomic mass is 16.5. The number of hydrogen-bond donors (Lipinski definition) is 3. The molecule has 1 heterocycles. The van der Waals surface area contributed by atoms with E-state index >= 15 is 0 Å². The number of anilines is 1. The van der Waals surface area contributed by atoms with Crippen molar-refractivity contribution in [3.63, 3.8) is 0 Å². The summed E-state index contributed by atoms with van der Waals surface area (Å²) in [6.45, 7) is 1.06. The molecule has 0 saturated heterocycles. The molecule has 10 heteroatoms. The minimum atomic E-state index is -0.882. The molecule has 0 bridgehead atoms. The van der Waals surface area contributed by atoms with Gasteiger partial charge in [0.05, 0.1) is 6.54 Å². The molecule has 1 aromatic carbocycles. The van der Waals surface area contributed by atoms with Gasteiger partial charge in [0.2, 0.25) is 11.8 Å². The minimum Gasteiger partial charge on any atom is -0.377 e. The number of nitrogens with one attached hydrogen (secondary N) is 2. The number of carbonyl (C=O) groups is 5. The number of rotatable bonds is 15. The first-order valence-corrected chi connectivity index (χ1v) is 10.6. The summed E-state index contributed by atoms with van der Waals surface area (Å²) in [6.07, 6.45) is 2.61. The van der Waals surface area contributed by atoms with Gasteiger partial charge in [-0.1, -0.05) is 6.07 Å². The number of unbranched alkanes of at least 4 members (excludes halogenated alkanes) is 1. The van der Waals surface area contributed by atoms with E-state index in [0.717, 1.165) is 6.42 Å². The molecular weight excluding hydrogens is 416 g/mol. The molecule has 32 heavy (non-hydrogen) atoms. The summed E-state index contributed by atoms with van der Waals surface area (Å²) < 4.78 is 4.75. The van der Waals surface area contributed by atoms with Crippen LogP contribution in [-0.4, -0.2) is 67.5 Å². The number of methoxy groups -OCH3 is 1. The molecule has 10 nitrogen and oxygen atoms in total. The van der Waals surface area contributed by atoms with Crippen LogP contribution >= 0.6 is 0 Å². The van der Waals surface area contributed by atoms with Crippen molar-refractivity contribution < 1.29 is 28.7 Å². The third-order valence-corrected chi connectivity index (χ3v) is 5.17. The van der Waals surface area contributed by atoms with Crippen molar-refractivity contribution in [1.82, 2.24) is 10.2 Å². The Balaban J connectivity index is 1.89. The van der Waals surface area contributed by atoms with Crippen molar-refractivity contribution in [2.24, 2.45) is 5.73 Å². The summed E-state index contributed by atoms with van der Waals surface area (Å²) >= 11 is 0. The highest BCUT2D eigenvalue weighted by Gasteiger charge is 2.36. The van der Waals surface area contributed by atoms with Crippen molar-refractivity contribution in [3.05, 3.63) is 29.3 Å². The van der Waals surface area contributed by atoms with E-state index in [0.29, 0.717) is 36.1 Å². The van der Waals surface area contributed by atoms with Gasteiger partial charge in [-0.3, -0.25) is 19.2 Å². The number of hydrogen-bond acceptors (Lipinski definition) is 7. The quantitative estimate of drug-likeness (QED) is 0.261. The smallest absolute Gasteiger partial charge is 0.255 e. The summed E-state index contributed by atoms with van der Waals surface area (Å²) in [5, 5.41) is 5.85. The van der Waals surface area contributed by atoms with E-state index < -0.39 is 11.9 Å². The van der Waals surface area contributed by atoms with Crippen molar-refractivity contribution in [1.29, 1.82) is 0 Å². The van der Waals surface area contributed by atoms with Crippen LogP contribution in [0.15, 0.2) is 18.2 Å². The summed E-state index contributed by atoms with van der Waals surface area (Å²) in [5.74, 6) is -1.24. The molecule has 4 N–H and O–H groups in total. The van der Waals surface area contributed by atoms with Crippen LogP contribution in [0.3, 0.4) is 0 Å². The van der Waals surface area contributed by atoms with Crippen LogP contribution in [0.1, 0.15) is 48.0 Å². The second-order valence-electron chi connectivity index (χ2n) is 7.58. The van der Waals surface area contributed by atoms with Gasteiger partial charge >= 0.3 is 0 Å². The van der Waals surface area contributed by atoms with Crippen LogP contribution < -0.4 is 16.4 Å². The number of amides is 3. The maximum atomic E-state index is 12.8. The standard InChI is InChI=1S/C22H30N4O6/c1-32-14-15(28)12-24-10-3-2-9-20(29)25-18-7-4-6-16-17(18)13-26(22(16)31)19(21(23)30)8-5-11-27/h4,6-7,11,19,24H,2-3,5,8-10,12-14H2,1H3,(H2,23,30)(H,25,29). The summed E-state index contributed by atoms with van der Waals surface area (Å²) in [7, 11) is 1.47. The van der Waals surface area contributed by atoms with Gasteiger partial charge in [-0.15, -0.1) is 0 Å². The molecule has 0 saturated carbocycles. The number of nitrogens with zero attached hydrogens (tertiary/aromatic N) is 1. The van der Waals surface area contributed by atoms with Crippen LogP contribution in [-0.2, 0) is 30.5 Å². The SMILES string of the molecule is COCC(=O)CNCCCCC(=O)Nc1cccc2c1CN(C(CCC=O)C(N)=O)C2=O. The van der Waals surface area contributed by atoms with Gasteiger partial charge in [0.15, 0.2) is 5.78 Å². The number of nitrogens with two attached hydrogens (primary N) is 1. The molecule has 0 aliphatic carbocycles. The van der Waals surface area contributed by atoms with Crippen molar-refractivity contribution in [3.8, 4) is 0 Å². The monoisotopic (exact) mass is 446 g/mol. The Kier molecular flexibility index (Phi) is 9.96. The van der Waals surface area contributed by atoms with E-state index in [1.165, 1.54) is 12.0 Å². The fourth-order valence-electron chi connectivity index (χ4n) is 3.59. The molecule has 1 unspecified atom stereocenters. The molecule has 0 fully saturated rings. The Bertz CT molecular complexity index is 857. The molecule has 1 aliphatic heterocycles. The zero-order valence-corrected chi connectivity index (χ0v) is 18.2. The van der Waals surface area contributed by atoms with Gasteiger partial charge in [0.25, 0.3) is 5.91 Å². The zero-order chi connectivity index (χ0) is 23.5. The third-order valence-electron chi connectivity index (χ3n) is 5.17. The van der Waals surface area contributed by atoms with E-state index in [-0.39, 0.29) is 56.6 Å². The van der Waals surface area contributed by atoms with Crippen molar-refractivity contribution in [2.75, 3.05) is 32.1 Å². The molecule has 3 amide bonds. The average molecular weight is 447 g/mol. The van der Waals surface area contributed by atoms with E-state index in [1.54, 1.807) is 18.2 Å². The molecule has 1 aliphatic rings. The lowest BCUT2D eigenvalue weighted by atomic mass is 10.1. The summed E-state index contributed by atoms with van der Waals surface area (Å²) in [5.41, 5.74) is 7.00. The molecule has 174 valence electrons. The van der Waals surface area contributed by atoms with Crippen molar-refractivity contribution in [2.45, 2.75) is 44.7 Å². The van der Waals surface area contributed by atoms with Crippen LogP contribution in [0.2, 0.25) is 0 Å². The summed E-state index contributed by atoms with van der Waals surface area (Å²) in [4.78, 5) is 60.4. The van der Waals surface area contributed by atoms with Crippen molar-refractivity contribution >= 4 is 35.5 Å². The predicted octanol–water partition coefficient (Wildman–Crippen LogP) is 0.389. The molecule has 0 radical (unpaired) electrons. The van der Waals surface area contributed by atoms with Crippen LogP contribution in [0, 0.1) is 0 Å². The number of fused-ring (bicyclic) bond motifs is 1. The van der Waals surface area contributed by atoms with Crippen LogP contribution in [0.4, 0.5) is 5.69 Å². The Morgan fingerprint density at radius 3 is 2.75 bits per heavy atom. The molecular formula is C22H30N4O6. The zero-order valence-electron chi connectivity index (χ0n) is 18.2. The lowest BCUT2D eigenvalue weighted by molar-refractivity contribution is -0.123. The van der Waals surface area contributed by atoms with E-state index in [2.05, 4.69) is 10.6 Å². The highest BCUT2D eigenvalue weighted by molar-refractivity contribution is 6.03. The number of benzene rings is 1. The minimum absolute atomic E-state index is 0.0310. The lowest BCUT2D eigenvalue weighted by Crippen LogP contribution is -2.44. The molecule has 1 atom stereocenters. The van der Waals surface area contributed by atoms with Gasteiger partial charge in [0, 0.05) is 43.3 Å². The highest BCUT2D eigenvalue weighted by Crippen LogP contribution is 2.31. The van der Waals surface area contributed by atoms with Gasteiger partial charge in [-0.2, -0.15) is 0 Å². The molecule has 1 aromatic rings. The largest absolute Gasteiger partial charge is 0.377 e. The van der Waals surface area contributed by atoms with Gasteiger partial charge in [0.1, 0.15) is 18.9 Å². The molecule has 2 rings (SSSR count). The first-order valence-electron chi connectivity index (χ1n) is 10.6. The first kappa shape index (κ1) is 25.2. The fourth-order valence-corrected chi connectivity index (χ4v) is 3.59. The van der Waals surface area contributed by atoms with Gasteiger partial charge in [-0.25, -0.2) is 0 Å². The maximum Gasteiger partial charge on any atom is 0.255 e. The topological polar surface area (TPSA) is 148 Å². The van der Waals surface area contributed by atoms with Gasteiger partial charge in [-0.05, 0) is 37.9 Å². The van der Waals surface area contributed by atoms with E-state index in [9.17, 15) is 24.0 Å². The molecule has 0 aromatic heterocycles. The Morgan fingerprint density at radius 2 is 2.06 bits per heavy atom. The van der Waals surface area contributed by atoms with Crippen LogP contribution in [0.5, 0.6) is 0 Å². The number of Topliss-reactive ketones (excluding diaryl/α,β-unsaturated/α-hetero) is 1. The number of ketones is 1. The normalized spacial score (nSPS) is 13.5. The maximum absolute atomic E-state index is 12.8. The second kappa shape index (κ2) is 12.7. The lowest BCUT2D eigenvalue weighted by Gasteiger charge is -2.24. The third kappa shape index (κ3) is 6.96. The van der Waals surface area contributed by atoms with E-state index in [1.807, 2.05) is 0 Å². The predicted molar refractivity (Wildman–Crippen MR) is 117 cm³/mol. The fraction of sp³-hybridized carbons (Fsp3) is 0.500. The number of aldehydes is 1. The number of ether oxygens (including phenoxy) is 1. The first-order chi connectivity index (χ1) is 15.4. The summed E-state index contributed by atoms with van der Waals surface area (Å²) in [6, 6.07) is 4.14. The van der Waals surface area contributed by atoms with Crippen LogP contribution in [0.25, 0.3) is 0 Å². The molecule has 0 spiro atoms. The average Bonchev–Trinajstić information content (AvgIpc) is 3.08. The Morgan fingerprint density at radius 1 is 1.28 bits per heavy atom. The Labute approximate surface area is 186 Å². The van der Waals surface area contributed by atoms with Gasteiger partial charge < -0.3 is 30.8 Å².